The Balaban J connectivity index is 1.66. The van der Waals surface area contributed by atoms with E-state index in [1.54, 1.807) is 24.3 Å². The lowest BCUT2D eigenvalue weighted by atomic mass is 10.0. The average Bonchev–Trinajstić information content (AvgIpc) is 2.92. The van der Waals surface area contributed by atoms with E-state index in [0.717, 1.165) is 15.9 Å². The summed E-state index contributed by atoms with van der Waals surface area (Å²) in [7, 11) is -3.77. The molecule has 2 N–H and O–H groups in total. The van der Waals surface area contributed by atoms with Crippen molar-refractivity contribution in [2.24, 2.45) is 10.7 Å². The Morgan fingerprint density at radius 1 is 1.31 bits per heavy atom. The SMILES string of the molecule is Cc1ccc(S(=O)(=O)OCCN2C(CCN)=NC3C=CC(Br)=CC32)cc1. The van der Waals surface area contributed by atoms with Crippen LogP contribution in [0.15, 0.2) is 56.9 Å². The Hall–Kier alpha value is -1.48. The normalized spacial score (nSPS) is 22.2. The van der Waals surface area contributed by atoms with Crippen LogP contribution in [0.4, 0.5) is 0 Å². The molecule has 0 amide bonds. The molecule has 0 fully saturated rings. The van der Waals surface area contributed by atoms with E-state index in [0.29, 0.717) is 19.5 Å². The fourth-order valence-electron chi connectivity index (χ4n) is 3.07. The van der Waals surface area contributed by atoms with Gasteiger partial charge in [-0.25, -0.2) is 0 Å². The standard InChI is InChI=1S/C18H22BrN3O3S/c1-13-2-5-15(6-3-13)26(23,24)25-11-10-22-17-12-14(19)4-7-16(17)21-18(22)8-9-20/h2-7,12,16-17H,8-11,20H2,1H3. The fourth-order valence-corrected chi connectivity index (χ4v) is 4.39. The third-order valence-corrected chi connectivity index (χ3v) is 6.23. The number of amidine groups is 1. The van der Waals surface area contributed by atoms with E-state index in [1.807, 2.05) is 19.1 Å². The largest absolute Gasteiger partial charge is 0.349 e. The van der Waals surface area contributed by atoms with Gasteiger partial charge in [0.2, 0.25) is 0 Å². The van der Waals surface area contributed by atoms with Gasteiger partial charge in [-0.05, 0) is 31.7 Å². The molecule has 2 unspecified atom stereocenters. The van der Waals surface area contributed by atoms with Crippen LogP contribution in [0, 0.1) is 6.92 Å². The van der Waals surface area contributed by atoms with Gasteiger partial charge < -0.3 is 10.6 Å². The molecular weight excluding hydrogens is 418 g/mol. The number of nitrogens with two attached hydrogens (primary N) is 1. The van der Waals surface area contributed by atoms with Crippen LogP contribution >= 0.6 is 15.9 Å². The van der Waals surface area contributed by atoms with Gasteiger partial charge in [0, 0.05) is 17.4 Å². The van der Waals surface area contributed by atoms with Gasteiger partial charge in [0.15, 0.2) is 0 Å². The van der Waals surface area contributed by atoms with E-state index in [9.17, 15) is 8.42 Å². The number of benzene rings is 1. The summed E-state index contributed by atoms with van der Waals surface area (Å²) in [5, 5.41) is 0. The second-order valence-electron chi connectivity index (χ2n) is 6.26. The number of aliphatic imine (C=N–C) groups is 1. The number of rotatable bonds is 7. The maximum atomic E-state index is 12.3. The quantitative estimate of drug-likeness (QED) is 0.658. The molecule has 1 aromatic carbocycles. The zero-order valence-electron chi connectivity index (χ0n) is 14.5. The Morgan fingerprint density at radius 2 is 2.04 bits per heavy atom. The Morgan fingerprint density at radius 3 is 2.73 bits per heavy atom. The molecule has 0 aromatic heterocycles. The van der Waals surface area contributed by atoms with Crippen molar-refractivity contribution >= 4 is 31.9 Å². The van der Waals surface area contributed by atoms with Crippen LogP contribution in [0.1, 0.15) is 12.0 Å². The number of halogens is 1. The predicted octanol–water partition coefficient (Wildman–Crippen LogP) is 2.35. The lowest BCUT2D eigenvalue weighted by Gasteiger charge is -2.29. The molecule has 1 aliphatic carbocycles. The summed E-state index contributed by atoms with van der Waals surface area (Å²) in [5.74, 6) is 0.891. The van der Waals surface area contributed by atoms with Crippen molar-refractivity contribution in [1.29, 1.82) is 0 Å². The van der Waals surface area contributed by atoms with Crippen molar-refractivity contribution in [3.63, 3.8) is 0 Å². The summed E-state index contributed by atoms with van der Waals surface area (Å²) < 4.78 is 30.9. The van der Waals surface area contributed by atoms with Crippen LogP contribution in [0.3, 0.4) is 0 Å². The smallest absolute Gasteiger partial charge is 0.297 e. The van der Waals surface area contributed by atoms with E-state index >= 15 is 0 Å². The number of fused-ring (bicyclic) bond motifs is 1. The lowest BCUT2D eigenvalue weighted by molar-refractivity contribution is 0.257. The van der Waals surface area contributed by atoms with Crippen molar-refractivity contribution in [2.75, 3.05) is 19.7 Å². The average molecular weight is 440 g/mol. The summed E-state index contributed by atoms with van der Waals surface area (Å²) in [6, 6.07) is 6.72. The van der Waals surface area contributed by atoms with Gasteiger partial charge in [0.25, 0.3) is 10.1 Å². The van der Waals surface area contributed by atoms with E-state index in [2.05, 4.69) is 26.9 Å². The van der Waals surface area contributed by atoms with E-state index in [4.69, 9.17) is 14.9 Å². The third kappa shape index (κ3) is 4.25. The highest BCUT2D eigenvalue weighted by molar-refractivity contribution is 9.11. The van der Waals surface area contributed by atoms with Crippen LogP contribution in [0.5, 0.6) is 0 Å². The molecule has 0 spiro atoms. The van der Waals surface area contributed by atoms with Crippen LogP contribution in [-0.2, 0) is 14.3 Å². The maximum absolute atomic E-state index is 12.3. The van der Waals surface area contributed by atoms with E-state index in [1.165, 1.54) is 0 Å². The summed E-state index contributed by atoms with van der Waals surface area (Å²) in [4.78, 5) is 6.95. The van der Waals surface area contributed by atoms with Gasteiger partial charge in [-0.15, -0.1) is 0 Å². The monoisotopic (exact) mass is 439 g/mol. The van der Waals surface area contributed by atoms with E-state index in [-0.39, 0.29) is 23.6 Å². The van der Waals surface area contributed by atoms with Crippen LogP contribution < -0.4 is 5.73 Å². The number of hydrogen-bond donors (Lipinski definition) is 1. The van der Waals surface area contributed by atoms with Gasteiger partial charge in [0.05, 0.1) is 23.6 Å². The molecule has 26 heavy (non-hydrogen) atoms. The third-order valence-electron chi connectivity index (χ3n) is 4.37. The van der Waals surface area contributed by atoms with Gasteiger partial charge in [0.1, 0.15) is 5.84 Å². The topological polar surface area (TPSA) is 85.0 Å². The minimum Gasteiger partial charge on any atom is -0.349 e. The second kappa shape index (κ2) is 8.04. The van der Waals surface area contributed by atoms with Crippen molar-refractivity contribution in [2.45, 2.75) is 30.3 Å². The number of nitrogens with zero attached hydrogens (tertiary/aromatic N) is 2. The van der Waals surface area contributed by atoms with Crippen molar-refractivity contribution in [1.82, 2.24) is 4.90 Å². The van der Waals surface area contributed by atoms with Crippen molar-refractivity contribution in [3.8, 4) is 0 Å². The minimum absolute atomic E-state index is 0.0338. The molecule has 3 rings (SSSR count). The molecule has 0 radical (unpaired) electrons. The zero-order chi connectivity index (χ0) is 18.7. The molecule has 140 valence electrons. The Bertz CT molecular complexity index is 847. The number of aryl methyl sites for hydroxylation is 1. The molecule has 1 aliphatic heterocycles. The molecule has 2 aliphatic rings. The van der Waals surface area contributed by atoms with Crippen LogP contribution in [0.2, 0.25) is 0 Å². The van der Waals surface area contributed by atoms with Crippen molar-refractivity contribution < 1.29 is 12.6 Å². The molecule has 0 saturated carbocycles. The predicted molar refractivity (Wildman–Crippen MR) is 106 cm³/mol. The molecule has 2 atom stereocenters. The second-order valence-corrected chi connectivity index (χ2v) is 8.79. The molecule has 0 bridgehead atoms. The fraction of sp³-hybridized carbons (Fsp3) is 0.389. The summed E-state index contributed by atoms with van der Waals surface area (Å²) in [5.41, 5.74) is 6.69. The summed E-state index contributed by atoms with van der Waals surface area (Å²) in [6.45, 7) is 2.88. The molecule has 1 aromatic rings. The van der Waals surface area contributed by atoms with Gasteiger partial charge >= 0.3 is 0 Å². The highest BCUT2D eigenvalue weighted by Crippen LogP contribution is 2.28. The first-order chi connectivity index (χ1) is 12.4. The first-order valence-corrected chi connectivity index (χ1v) is 10.7. The molecular formula is C18H22BrN3O3S. The Labute approximate surface area is 162 Å². The van der Waals surface area contributed by atoms with Crippen LogP contribution in [-0.4, -0.2) is 50.9 Å². The molecule has 1 heterocycles. The highest BCUT2D eigenvalue weighted by Gasteiger charge is 2.34. The highest BCUT2D eigenvalue weighted by atomic mass is 79.9. The Kier molecular flexibility index (Phi) is 5.96. The first kappa shape index (κ1) is 19.3. The summed E-state index contributed by atoms with van der Waals surface area (Å²) in [6.07, 6.45) is 6.74. The van der Waals surface area contributed by atoms with Crippen molar-refractivity contribution in [3.05, 3.63) is 52.5 Å². The summed E-state index contributed by atoms with van der Waals surface area (Å²) >= 11 is 3.49. The zero-order valence-corrected chi connectivity index (χ0v) is 16.9. The molecule has 0 saturated heterocycles. The van der Waals surface area contributed by atoms with Gasteiger partial charge in [-0.3, -0.25) is 9.18 Å². The van der Waals surface area contributed by atoms with Gasteiger partial charge in [-0.1, -0.05) is 45.8 Å². The van der Waals surface area contributed by atoms with E-state index < -0.39 is 10.1 Å². The number of allylic oxidation sites excluding steroid dienone is 2. The van der Waals surface area contributed by atoms with Gasteiger partial charge in [-0.2, -0.15) is 8.42 Å². The minimum atomic E-state index is -3.77. The first-order valence-electron chi connectivity index (χ1n) is 8.46. The molecule has 6 nitrogen and oxygen atoms in total. The molecule has 8 heteroatoms. The number of hydrogen-bond acceptors (Lipinski definition) is 6. The maximum Gasteiger partial charge on any atom is 0.297 e. The van der Waals surface area contributed by atoms with Crippen LogP contribution in [0.25, 0.3) is 0 Å². The lowest BCUT2D eigenvalue weighted by Crippen LogP contribution is -2.41.